The summed E-state index contributed by atoms with van der Waals surface area (Å²) in [6, 6.07) is 7.79. The fourth-order valence-corrected chi connectivity index (χ4v) is 6.57. The summed E-state index contributed by atoms with van der Waals surface area (Å²) >= 11 is 12.9. The molecule has 198 valence electrons. The van der Waals surface area contributed by atoms with Crippen LogP contribution in [0.3, 0.4) is 0 Å². The van der Waals surface area contributed by atoms with Crippen LogP contribution in [0.5, 0.6) is 0 Å². The molecule has 4 aliphatic carbocycles. The summed E-state index contributed by atoms with van der Waals surface area (Å²) in [7, 11) is 0. The van der Waals surface area contributed by atoms with Crippen LogP contribution in [0.15, 0.2) is 47.3 Å². The molecule has 0 saturated heterocycles. The molecule has 4 saturated carbocycles. The average molecular weight is 553 g/mol. The van der Waals surface area contributed by atoms with Crippen molar-refractivity contribution < 1.29 is 19.2 Å². The molecule has 0 aliphatic heterocycles. The van der Waals surface area contributed by atoms with Crippen molar-refractivity contribution in [2.75, 3.05) is 0 Å². The van der Waals surface area contributed by atoms with Gasteiger partial charge in [-0.3, -0.25) is 9.78 Å². The Hall–Kier alpha value is -2.67. The number of allylic oxidation sites excluding steroid dienone is 1. The molecule has 4 aliphatic rings. The van der Waals surface area contributed by atoms with Crippen LogP contribution >= 0.6 is 23.2 Å². The van der Waals surface area contributed by atoms with Crippen LogP contribution in [0.1, 0.15) is 79.7 Å². The third-order valence-corrected chi connectivity index (χ3v) is 9.15. The van der Waals surface area contributed by atoms with E-state index in [0.29, 0.717) is 33.8 Å². The Morgan fingerprint density at radius 1 is 1.05 bits per heavy atom. The van der Waals surface area contributed by atoms with Gasteiger partial charge in [0.15, 0.2) is 0 Å². The van der Waals surface area contributed by atoms with Crippen LogP contribution < -0.4 is 0 Å². The summed E-state index contributed by atoms with van der Waals surface area (Å²) in [5.41, 5.74) is 4.28. The highest BCUT2D eigenvalue weighted by Crippen LogP contribution is 2.55. The average Bonchev–Trinajstić information content (AvgIpc) is 3.68. The van der Waals surface area contributed by atoms with Crippen molar-refractivity contribution >= 4 is 35.2 Å². The van der Waals surface area contributed by atoms with Gasteiger partial charge < -0.3 is 14.4 Å². The molecule has 1 N–H and O–H groups in total. The Bertz CT molecular complexity index is 1330. The lowest BCUT2D eigenvalue weighted by Crippen LogP contribution is -2.46. The number of aromatic nitrogens is 2. The Morgan fingerprint density at radius 3 is 2.32 bits per heavy atom. The van der Waals surface area contributed by atoms with E-state index < -0.39 is 5.97 Å². The van der Waals surface area contributed by atoms with Crippen molar-refractivity contribution in [1.29, 1.82) is 0 Å². The molecule has 8 heteroatoms. The van der Waals surface area contributed by atoms with E-state index >= 15 is 0 Å². The van der Waals surface area contributed by atoms with Crippen molar-refractivity contribution in [3.63, 3.8) is 0 Å². The zero-order valence-electron chi connectivity index (χ0n) is 21.1. The van der Waals surface area contributed by atoms with Crippen LogP contribution in [0.2, 0.25) is 10.0 Å². The molecule has 2 aromatic heterocycles. The molecular formula is C30H30Cl2N2O4. The molecule has 0 amide bonds. The molecule has 1 aromatic carbocycles. The molecule has 6 nitrogen and oxygen atoms in total. The molecule has 3 aromatic rings. The molecule has 2 heterocycles. The van der Waals surface area contributed by atoms with E-state index in [9.17, 15) is 4.79 Å². The number of carboxylic acid groups (broad SMARTS) is 1. The minimum absolute atomic E-state index is 0.0528. The molecule has 0 unspecified atom stereocenters. The van der Waals surface area contributed by atoms with Gasteiger partial charge in [-0.2, -0.15) is 0 Å². The molecule has 0 atom stereocenters. The number of hydrogen-bond donors (Lipinski definition) is 1. The van der Waals surface area contributed by atoms with Crippen molar-refractivity contribution in [3.8, 4) is 11.3 Å². The van der Waals surface area contributed by atoms with Crippen LogP contribution in [-0.2, 0) is 22.6 Å². The van der Waals surface area contributed by atoms with E-state index in [4.69, 9.17) is 37.6 Å². The number of halogens is 2. The highest BCUT2D eigenvalue weighted by atomic mass is 35.5. The number of ether oxygens (including phenoxy) is 1. The van der Waals surface area contributed by atoms with Gasteiger partial charge in [-0.1, -0.05) is 64.8 Å². The lowest BCUT2D eigenvalue weighted by atomic mass is 9.58. The number of carbonyl (C=O) groups is 1. The number of fused-ring (bicyclic) bond motifs is 3. The molecule has 2 bridgehead atoms. The number of carboxylic acids is 1. The lowest BCUT2D eigenvalue weighted by Gasteiger charge is -2.52. The first kappa shape index (κ1) is 25.6. The molecule has 4 fully saturated rings. The lowest BCUT2D eigenvalue weighted by molar-refractivity contribution is -0.136. The third-order valence-electron chi connectivity index (χ3n) is 8.58. The van der Waals surface area contributed by atoms with Gasteiger partial charge in [-0.25, -0.2) is 0 Å². The maximum atomic E-state index is 10.9. The molecule has 7 rings (SSSR count). The Morgan fingerprint density at radius 2 is 1.71 bits per heavy atom. The predicted molar refractivity (Wildman–Crippen MR) is 146 cm³/mol. The van der Waals surface area contributed by atoms with Gasteiger partial charge in [0.25, 0.3) is 0 Å². The second kappa shape index (κ2) is 10.1. The number of aliphatic carboxylic acids is 1. The fraction of sp³-hybridized carbons (Fsp3) is 0.433. The van der Waals surface area contributed by atoms with Gasteiger partial charge in [0.05, 0.1) is 28.7 Å². The standard InChI is InChI=1S/C30H30Cl2N2O4/c31-23-16-33-17-24(32)26(23)27-22(28(38-34-27)21-5-6-21)18-37-30-12-9-29(10-13-30,11-14-30)8-7-19-1-3-20(4-2-19)15-25(35)36/h1-4,7-8,16-17,21H,5-6,9-15,18H2,(H,35,36)/b8-7+. The highest BCUT2D eigenvalue weighted by molar-refractivity contribution is 6.38. The molecular weight excluding hydrogens is 523 g/mol. The molecule has 0 spiro atoms. The van der Waals surface area contributed by atoms with Crippen LogP contribution in [0.25, 0.3) is 17.3 Å². The number of pyridine rings is 1. The first-order chi connectivity index (χ1) is 18.4. The smallest absolute Gasteiger partial charge is 0.307 e. The summed E-state index contributed by atoms with van der Waals surface area (Å²) in [6.45, 7) is 0.436. The van der Waals surface area contributed by atoms with Gasteiger partial charge in [-0.05, 0) is 67.9 Å². The van der Waals surface area contributed by atoms with Crippen molar-refractivity contribution in [1.82, 2.24) is 10.1 Å². The van der Waals surface area contributed by atoms with Gasteiger partial charge in [0.2, 0.25) is 0 Å². The number of nitrogens with zero attached hydrogens (tertiary/aromatic N) is 2. The van der Waals surface area contributed by atoms with Crippen molar-refractivity contribution in [2.45, 2.75) is 75.9 Å². The number of rotatable bonds is 9. The molecule has 38 heavy (non-hydrogen) atoms. The minimum Gasteiger partial charge on any atom is -0.481 e. The van der Waals surface area contributed by atoms with E-state index in [-0.39, 0.29) is 17.4 Å². The maximum Gasteiger partial charge on any atom is 0.307 e. The third kappa shape index (κ3) is 5.14. The van der Waals surface area contributed by atoms with Gasteiger partial charge in [0, 0.05) is 29.4 Å². The zero-order chi connectivity index (χ0) is 26.3. The minimum atomic E-state index is -0.809. The van der Waals surface area contributed by atoms with Gasteiger partial charge in [-0.15, -0.1) is 0 Å². The van der Waals surface area contributed by atoms with Crippen LogP contribution in [0.4, 0.5) is 0 Å². The number of benzene rings is 1. The normalized spacial score (nSPS) is 24.8. The Balaban J connectivity index is 1.14. The van der Waals surface area contributed by atoms with Crippen molar-refractivity contribution in [2.24, 2.45) is 5.41 Å². The van der Waals surface area contributed by atoms with E-state index in [1.165, 1.54) is 0 Å². The summed E-state index contributed by atoms with van der Waals surface area (Å²) in [4.78, 5) is 15.0. The van der Waals surface area contributed by atoms with Crippen molar-refractivity contribution in [3.05, 3.63) is 75.2 Å². The van der Waals surface area contributed by atoms with E-state index in [2.05, 4.69) is 22.3 Å². The predicted octanol–water partition coefficient (Wildman–Crippen LogP) is 7.87. The SMILES string of the molecule is O=C(O)Cc1ccc(/C=C/C23CCC(OCc4c(-c5c(Cl)cncc5Cl)noc4C4CC4)(CC2)CC3)cc1. The summed E-state index contributed by atoms with van der Waals surface area (Å²) in [5, 5.41) is 14.3. The largest absolute Gasteiger partial charge is 0.481 e. The fourth-order valence-electron chi connectivity index (χ4n) is 6.03. The second-order valence-electron chi connectivity index (χ2n) is 11.1. The van der Waals surface area contributed by atoms with Crippen LogP contribution in [0, 0.1) is 5.41 Å². The maximum absolute atomic E-state index is 10.9. The monoisotopic (exact) mass is 552 g/mol. The Kier molecular flexibility index (Phi) is 6.83. The zero-order valence-corrected chi connectivity index (χ0v) is 22.6. The van der Waals surface area contributed by atoms with E-state index in [1.54, 1.807) is 12.4 Å². The summed E-state index contributed by atoms with van der Waals surface area (Å²) in [6.07, 6.45) is 16.3. The first-order valence-corrected chi connectivity index (χ1v) is 14.0. The van der Waals surface area contributed by atoms with Gasteiger partial charge >= 0.3 is 5.97 Å². The quantitative estimate of drug-likeness (QED) is 0.290. The topological polar surface area (TPSA) is 85.5 Å². The van der Waals surface area contributed by atoms with Gasteiger partial charge in [0.1, 0.15) is 11.5 Å². The first-order valence-electron chi connectivity index (χ1n) is 13.3. The highest BCUT2D eigenvalue weighted by Gasteiger charge is 2.48. The summed E-state index contributed by atoms with van der Waals surface area (Å²) in [5.74, 6) is 0.482. The van der Waals surface area contributed by atoms with Crippen LogP contribution in [-0.4, -0.2) is 26.8 Å². The Labute approximate surface area is 232 Å². The summed E-state index contributed by atoms with van der Waals surface area (Å²) < 4.78 is 12.6. The second-order valence-corrected chi connectivity index (χ2v) is 11.9. The molecule has 0 radical (unpaired) electrons. The number of hydrogen-bond acceptors (Lipinski definition) is 5. The van der Waals surface area contributed by atoms with E-state index in [0.717, 1.165) is 73.8 Å². The van der Waals surface area contributed by atoms with E-state index in [1.807, 2.05) is 24.3 Å².